The maximum absolute atomic E-state index is 2.47. The van der Waals surface area contributed by atoms with Crippen molar-refractivity contribution in [3.63, 3.8) is 0 Å². The molecule has 0 N–H and O–H groups in total. The van der Waals surface area contributed by atoms with Gasteiger partial charge in [-0.2, -0.15) is 0 Å². The fraction of sp³-hybridized carbons (Fsp3) is 0. The summed E-state index contributed by atoms with van der Waals surface area (Å²) in [5.41, 5.74) is 17.3. The lowest BCUT2D eigenvalue weighted by Crippen LogP contribution is -2.10. The van der Waals surface area contributed by atoms with Crippen molar-refractivity contribution in [1.82, 2.24) is 9.13 Å². The summed E-state index contributed by atoms with van der Waals surface area (Å²) in [7, 11) is 0. The molecule has 0 amide bonds. The normalized spacial score (nSPS) is 11.5. The summed E-state index contributed by atoms with van der Waals surface area (Å²) < 4.78 is 4.88. The van der Waals surface area contributed by atoms with Crippen LogP contribution in [0.5, 0.6) is 0 Å². The lowest BCUT2D eigenvalue weighted by Gasteiger charge is -2.27. The van der Waals surface area contributed by atoms with Crippen LogP contribution < -0.4 is 4.90 Å². The molecule has 2 aromatic heterocycles. The SMILES string of the molecule is c1ccc(-c2ccc(N(c3ccc(-n4c5ccccc5c5ccc6c(c7ccccc7n6-c6ccccc6)c54)cc3)c3cc(-c4ccccc4)cc(-c4ccccc4)c3)cc2)cc1. The van der Waals surface area contributed by atoms with Crippen molar-refractivity contribution in [2.24, 2.45) is 0 Å². The summed E-state index contributed by atoms with van der Waals surface area (Å²) in [5.74, 6) is 0. The number of benzene rings is 10. The van der Waals surface area contributed by atoms with Crippen LogP contribution in [0.2, 0.25) is 0 Å². The first-order valence-corrected chi connectivity index (χ1v) is 21.6. The Labute approximate surface area is 366 Å². The van der Waals surface area contributed by atoms with E-state index in [4.69, 9.17) is 0 Å². The van der Waals surface area contributed by atoms with Crippen molar-refractivity contribution in [2.75, 3.05) is 4.90 Å². The molecule has 0 saturated carbocycles. The van der Waals surface area contributed by atoms with Gasteiger partial charge in [0.2, 0.25) is 0 Å². The number of aromatic nitrogens is 2. The van der Waals surface area contributed by atoms with E-state index in [9.17, 15) is 0 Å². The second kappa shape index (κ2) is 15.3. The zero-order chi connectivity index (χ0) is 41.7. The fourth-order valence-corrected chi connectivity index (χ4v) is 9.60. The smallest absolute Gasteiger partial charge is 0.0641 e. The molecule has 0 spiro atoms. The predicted molar refractivity (Wildman–Crippen MR) is 266 cm³/mol. The van der Waals surface area contributed by atoms with Crippen molar-refractivity contribution in [2.45, 2.75) is 0 Å². The summed E-state index contributed by atoms with van der Waals surface area (Å²) >= 11 is 0. The summed E-state index contributed by atoms with van der Waals surface area (Å²) in [6.07, 6.45) is 0. The minimum atomic E-state index is 1.07. The Kier molecular flexibility index (Phi) is 8.83. The number of fused-ring (bicyclic) bond motifs is 7. The largest absolute Gasteiger partial charge is 0.310 e. The number of nitrogens with zero attached hydrogens (tertiary/aromatic N) is 3. The van der Waals surface area contributed by atoms with Crippen molar-refractivity contribution in [1.29, 1.82) is 0 Å². The van der Waals surface area contributed by atoms with Crippen molar-refractivity contribution >= 4 is 60.7 Å². The van der Waals surface area contributed by atoms with Gasteiger partial charge in [-0.3, -0.25) is 0 Å². The Bertz CT molecular complexity index is 3510. The Balaban J connectivity index is 1.07. The first-order chi connectivity index (χ1) is 31.3. The molecule has 0 aliphatic heterocycles. The number of hydrogen-bond donors (Lipinski definition) is 0. The molecule has 0 bridgehead atoms. The van der Waals surface area contributed by atoms with E-state index in [2.05, 4.69) is 263 Å². The minimum Gasteiger partial charge on any atom is -0.310 e. The van der Waals surface area contributed by atoms with Crippen molar-refractivity contribution in [3.05, 3.63) is 249 Å². The molecule has 0 aliphatic rings. The van der Waals surface area contributed by atoms with Gasteiger partial charge in [0.25, 0.3) is 0 Å². The van der Waals surface area contributed by atoms with Gasteiger partial charge in [0, 0.05) is 50.0 Å². The van der Waals surface area contributed by atoms with Gasteiger partial charge < -0.3 is 14.0 Å². The molecule has 10 aromatic carbocycles. The molecule has 2 heterocycles. The van der Waals surface area contributed by atoms with E-state index in [0.29, 0.717) is 0 Å². The lowest BCUT2D eigenvalue weighted by atomic mass is 9.97. The summed E-state index contributed by atoms with van der Waals surface area (Å²) in [5, 5.41) is 4.96. The average Bonchev–Trinajstić information content (AvgIpc) is 3.89. The van der Waals surface area contributed by atoms with Crippen LogP contribution in [0.25, 0.3) is 88.4 Å². The molecule has 63 heavy (non-hydrogen) atoms. The van der Waals surface area contributed by atoms with E-state index in [-0.39, 0.29) is 0 Å². The monoisotopic (exact) mass is 803 g/mol. The molecule has 12 rings (SSSR count). The summed E-state index contributed by atoms with van der Waals surface area (Å²) in [6.45, 7) is 0. The summed E-state index contributed by atoms with van der Waals surface area (Å²) in [4.78, 5) is 2.40. The number of anilines is 3. The predicted octanol–water partition coefficient (Wildman–Crippen LogP) is 16.4. The zero-order valence-electron chi connectivity index (χ0n) is 34.5. The zero-order valence-corrected chi connectivity index (χ0v) is 34.5. The molecule has 0 radical (unpaired) electrons. The van der Waals surface area contributed by atoms with E-state index in [1.54, 1.807) is 0 Å². The highest BCUT2D eigenvalue weighted by Gasteiger charge is 2.22. The quantitative estimate of drug-likeness (QED) is 0.149. The third kappa shape index (κ3) is 6.29. The maximum Gasteiger partial charge on any atom is 0.0641 e. The molecule has 0 atom stereocenters. The molecule has 0 saturated heterocycles. The lowest BCUT2D eigenvalue weighted by molar-refractivity contribution is 1.17. The maximum atomic E-state index is 2.47. The first-order valence-electron chi connectivity index (χ1n) is 21.6. The van der Waals surface area contributed by atoms with Crippen LogP contribution >= 0.6 is 0 Å². The molecular weight excluding hydrogens is 763 g/mol. The van der Waals surface area contributed by atoms with E-state index in [0.717, 1.165) is 28.4 Å². The third-order valence-corrected chi connectivity index (χ3v) is 12.5. The summed E-state index contributed by atoms with van der Waals surface area (Å²) in [6, 6.07) is 90.1. The standard InChI is InChI=1S/C60H41N3/c1-5-17-42(18-6-1)45-29-31-49(32-30-45)61(52-40-46(43-19-7-2-8-20-43)39-47(41-52)44-21-9-3-10-22-44)50-33-35-51(36-34-50)63-56-27-15-13-25-53(56)54-37-38-58-59(60(54)63)55-26-14-16-28-57(55)62(58)48-23-11-4-12-24-48/h1-41H. The first kappa shape index (κ1) is 36.5. The van der Waals surface area contributed by atoms with Gasteiger partial charge >= 0.3 is 0 Å². The van der Waals surface area contributed by atoms with Gasteiger partial charge in [-0.05, 0) is 118 Å². The van der Waals surface area contributed by atoms with Crippen LogP contribution in [0.3, 0.4) is 0 Å². The highest BCUT2D eigenvalue weighted by molar-refractivity contribution is 6.26. The van der Waals surface area contributed by atoms with E-state index in [1.807, 2.05) is 0 Å². The van der Waals surface area contributed by atoms with E-state index in [1.165, 1.54) is 77.0 Å². The Morgan fingerprint density at radius 1 is 0.254 bits per heavy atom. The molecule has 0 aliphatic carbocycles. The number of hydrogen-bond acceptors (Lipinski definition) is 1. The number of rotatable bonds is 8. The molecule has 3 nitrogen and oxygen atoms in total. The Morgan fingerprint density at radius 2 is 0.698 bits per heavy atom. The molecule has 12 aromatic rings. The van der Waals surface area contributed by atoms with Crippen molar-refractivity contribution in [3.8, 4) is 44.8 Å². The minimum absolute atomic E-state index is 1.07. The van der Waals surface area contributed by atoms with Gasteiger partial charge in [-0.25, -0.2) is 0 Å². The topological polar surface area (TPSA) is 13.1 Å². The van der Waals surface area contributed by atoms with Gasteiger partial charge in [0.05, 0.1) is 22.1 Å². The van der Waals surface area contributed by atoms with Gasteiger partial charge in [-0.1, -0.05) is 164 Å². The van der Waals surface area contributed by atoms with Gasteiger partial charge in [0.1, 0.15) is 0 Å². The van der Waals surface area contributed by atoms with Crippen LogP contribution in [-0.2, 0) is 0 Å². The van der Waals surface area contributed by atoms with E-state index < -0.39 is 0 Å². The molecule has 3 heteroatoms. The fourth-order valence-electron chi connectivity index (χ4n) is 9.60. The molecule has 296 valence electrons. The number of para-hydroxylation sites is 3. The molecule has 0 unspecified atom stereocenters. The van der Waals surface area contributed by atoms with Crippen LogP contribution in [0.15, 0.2) is 249 Å². The van der Waals surface area contributed by atoms with E-state index >= 15 is 0 Å². The van der Waals surface area contributed by atoms with Crippen LogP contribution in [0.1, 0.15) is 0 Å². The van der Waals surface area contributed by atoms with Crippen LogP contribution in [0.4, 0.5) is 17.1 Å². The second-order valence-electron chi connectivity index (χ2n) is 16.2. The van der Waals surface area contributed by atoms with Crippen LogP contribution in [0, 0.1) is 0 Å². The van der Waals surface area contributed by atoms with Crippen molar-refractivity contribution < 1.29 is 0 Å². The highest BCUT2D eigenvalue weighted by atomic mass is 15.1. The Hall–Kier alpha value is -8.40. The third-order valence-electron chi connectivity index (χ3n) is 12.5. The van der Waals surface area contributed by atoms with Gasteiger partial charge in [0.15, 0.2) is 0 Å². The second-order valence-corrected chi connectivity index (χ2v) is 16.2. The van der Waals surface area contributed by atoms with Gasteiger partial charge in [-0.15, -0.1) is 0 Å². The molecular formula is C60H41N3. The average molecular weight is 804 g/mol. The van der Waals surface area contributed by atoms with Crippen LogP contribution in [-0.4, -0.2) is 9.13 Å². The highest BCUT2D eigenvalue weighted by Crippen LogP contribution is 2.44. The Morgan fingerprint density at radius 3 is 1.29 bits per heavy atom. The molecule has 0 fully saturated rings.